The summed E-state index contributed by atoms with van der Waals surface area (Å²) in [6.07, 6.45) is 13.7. The van der Waals surface area contributed by atoms with Crippen LogP contribution in [0.3, 0.4) is 0 Å². The van der Waals surface area contributed by atoms with Crippen LogP contribution < -0.4 is 9.80 Å². The smallest absolute Gasteiger partial charge is 0.0539 e. The van der Waals surface area contributed by atoms with Crippen LogP contribution in [0.1, 0.15) is 47.1 Å². The highest BCUT2D eigenvalue weighted by Crippen LogP contribution is 2.42. The van der Waals surface area contributed by atoms with Crippen molar-refractivity contribution in [3.05, 3.63) is 313 Å². The molecular weight excluding hydrogens is 995 g/mol. The van der Waals surface area contributed by atoms with Gasteiger partial charge in [-0.3, -0.25) is 0 Å². The van der Waals surface area contributed by atoms with Crippen LogP contribution in [-0.2, 0) is 0 Å². The molecule has 3 aromatic heterocycles. The average Bonchev–Trinajstić information content (AvgIpc) is 4.28. The first kappa shape index (κ1) is 51.1. The lowest BCUT2D eigenvalue weighted by Gasteiger charge is -2.28. The van der Waals surface area contributed by atoms with Crippen molar-refractivity contribution in [2.75, 3.05) is 9.80 Å². The molecule has 0 N–H and O–H groups in total. The van der Waals surface area contributed by atoms with E-state index in [0.717, 1.165) is 79.7 Å². The summed E-state index contributed by atoms with van der Waals surface area (Å²) >= 11 is 0. The number of nitrogens with zero attached hydrogens (tertiary/aromatic N) is 5. The number of hydrogen-bond acceptors (Lipinski definition) is 2. The van der Waals surface area contributed by atoms with Crippen molar-refractivity contribution in [1.82, 2.24) is 13.7 Å². The molecule has 0 amide bonds. The Morgan fingerprint density at radius 3 is 1.49 bits per heavy atom. The van der Waals surface area contributed by atoms with Gasteiger partial charge < -0.3 is 23.5 Å². The van der Waals surface area contributed by atoms with Gasteiger partial charge in [0.1, 0.15) is 0 Å². The van der Waals surface area contributed by atoms with Crippen molar-refractivity contribution in [2.45, 2.75) is 34.1 Å². The summed E-state index contributed by atoms with van der Waals surface area (Å²) in [6.45, 7) is 17.8. The van der Waals surface area contributed by atoms with Crippen LogP contribution in [0.2, 0.25) is 0 Å². The van der Waals surface area contributed by atoms with Crippen LogP contribution in [0.25, 0.3) is 89.5 Å². The Morgan fingerprint density at radius 2 is 0.902 bits per heavy atom. The number of aryl methyl sites for hydroxylation is 2. The molecule has 13 rings (SSSR count). The third-order valence-electron chi connectivity index (χ3n) is 16.3. The molecule has 0 aliphatic heterocycles. The van der Waals surface area contributed by atoms with E-state index < -0.39 is 0 Å². The maximum Gasteiger partial charge on any atom is 0.0539 e. The zero-order valence-corrected chi connectivity index (χ0v) is 46.8. The second kappa shape index (κ2) is 21.7. The van der Waals surface area contributed by atoms with Gasteiger partial charge in [-0.05, 0) is 187 Å². The third-order valence-corrected chi connectivity index (χ3v) is 16.3. The number of rotatable bonds is 15. The Bertz CT molecular complexity index is 4680. The molecule has 0 saturated heterocycles. The highest BCUT2D eigenvalue weighted by molar-refractivity contribution is 5.98. The first-order valence-corrected chi connectivity index (χ1v) is 28.3. The first-order valence-electron chi connectivity index (χ1n) is 28.3. The van der Waals surface area contributed by atoms with E-state index in [1.54, 1.807) is 0 Å². The predicted molar refractivity (Wildman–Crippen MR) is 352 cm³/mol. The topological polar surface area (TPSA) is 21.3 Å². The molecule has 5 heteroatoms. The van der Waals surface area contributed by atoms with E-state index in [2.05, 4.69) is 319 Å². The highest BCUT2D eigenvalue weighted by atomic mass is 15.2. The van der Waals surface area contributed by atoms with Crippen molar-refractivity contribution in [1.29, 1.82) is 0 Å². The van der Waals surface area contributed by atoms with E-state index in [4.69, 9.17) is 6.58 Å². The lowest BCUT2D eigenvalue weighted by Crippen LogP contribution is -2.16. The van der Waals surface area contributed by atoms with E-state index in [-0.39, 0.29) is 0 Å². The Kier molecular flexibility index (Phi) is 13.5. The van der Waals surface area contributed by atoms with Gasteiger partial charge in [0.15, 0.2) is 0 Å². The van der Waals surface area contributed by atoms with E-state index >= 15 is 0 Å². The SMILES string of the molecule is C=C/C=C\c1c(C)c2cc(N(C(=C)/C=C\c3c(C)c4cc(N(/C(=C/c5c(C)n(-c6ccc7ccccc7c6)c6ccccc56)CC)c5ccccc5)ccc4n3-c3ccccc3)c3ccccc3)ccc2n1-c1ccc2ccccc2c1. The van der Waals surface area contributed by atoms with Crippen LogP contribution in [0, 0.1) is 20.8 Å². The zero-order valence-electron chi connectivity index (χ0n) is 46.8. The predicted octanol–water partition coefficient (Wildman–Crippen LogP) is 20.9. The van der Waals surface area contributed by atoms with Crippen LogP contribution in [-0.4, -0.2) is 13.7 Å². The average molecular weight is 1060 g/mol. The van der Waals surface area contributed by atoms with Crippen molar-refractivity contribution in [3.63, 3.8) is 0 Å². The number of anilines is 4. The fourth-order valence-electron chi connectivity index (χ4n) is 12.3. The Morgan fingerprint density at radius 1 is 0.427 bits per heavy atom. The van der Waals surface area contributed by atoms with Crippen LogP contribution in [0.5, 0.6) is 0 Å². The summed E-state index contributed by atoms with van der Waals surface area (Å²) in [5.41, 5.74) is 20.0. The second-order valence-corrected chi connectivity index (χ2v) is 21.1. The molecule has 0 unspecified atom stereocenters. The lowest BCUT2D eigenvalue weighted by molar-refractivity contribution is 1.02. The molecule has 0 radical (unpaired) electrons. The van der Waals surface area contributed by atoms with Crippen LogP contribution >= 0.6 is 0 Å². The Labute approximate surface area is 480 Å². The molecule has 0 aliphatic carbocycles. The van der Waals surface area contributed by atoms with Crippen molar-refractivity contribution in [2.24, 2.45) is 0 Å². The molecule has 0 spiro atoms. The number of benzene rings is 10. The van der Waals surface area contributed by atoms with Crippen molar-refractivity contribution < 1.29 is 0 Å². The number of hydrogen-bond donors (Lipinski definition) is 0. The normalized spacial score (nSPS) is 12.0. The number of aromatic nitrogens is 3. The number of allylic oxidation sites excluding steroid dienone is 4. The van der Waals surface area contributed by atoms with Gasteiger partial charge >= 0.3 is 0 Å². The third kappa shape index (κ3) is 9.12. The quantitative estimate of drug-likeness (QED) is 0.0954. The van der Waals surface area contributed by atoms with Gasteiger partial charge in [-0.1, -0.05) is 166 Å². The van der Waals surface area contributed by atoms with Gasteiger partial charge in [0, 0.05) is 90.0 Å². The Hall–Kier alpha value is -10.4. The molecule has 0 fully saturated rings. The van der Waals surface area contributed by atoms with Gasteiger partial charge in [-0.2, -0.15) is 0 Å². The Balaban J connectivity index is 0.918. The molecule has 5 nitrogen and oxygen atoms in total. The van der Waals surface area contributed by atoms with Gasteiger partial charge in [0.25, 0.3) is 0 Å². The fourth-order valence-corrected chi connectivity index (χ4v) is 12.3. The summed E-state index contributed by atoms with van der Waals surface area (Å²) in [5.74, 6) is 0. The van der Waals surface area contributed by atoms with Gasteiger partial charge in [-0.25, -0.2) is 0 Å². The summed E-state index contributed by atoms with van der Waals surface area (Å²) in [6, 6.07) is 85.3. The van der Waals surface area contributed by atoms with Crippen molar-refractivity contribution in [3.8, 4) is 17.1 Å². The van der Waals surface area contributed by atoms with Crippen LogP contribution in [0.15, 0.2) is 279 Å². The van der Waals surface area contributed by atoms with Gasteiger partial charge in [-0.15, -0.1) is 0 Å². The summed E-state index contributed by atoms with van der Waals surface area (Å²) in [4.78, 5) is 4.71. The lowest BCUT2D eigenvalue weighted by atomic mass is 10.1. The molecule has 82 heavy (non-hydrogen) atoms. The summed E-state index contributed by atoms with van der Waals surface area (Å²) in [7, 11) is 0. The van der Waals surface area contributed by atoms with E-state index in [1.807, 2.05) is 12.2 Å². The molecule has 10 aromatic carbocycles. The second-order valence-electron chi connectivity index (χ2n) is 21.1. The summed E-state index contributed by atoms with van der Waals surface area (Å²) < 4.78 is 7.18. The van der Waals surface area contributed by atoms with Crippen molar-refractivity contribution >= 4 is 95.2 Å². The van der Waals surface area contributed by atoms with Crippen LogP contribution in [0.4, 0.5) is 22.7 Å². The van der Waals surface area contributed by atoms with E-state index in [1.165, 1.54) is 65.9 Å². The highest BCUT2D eigenvalue weighted by Gasteiger charge is 2.23. The number of fused-ring (bicyclic) bond motifs is 5. The zero-order chi connectivity index (χ0) is 55.8. The maximum absolute atomic E-state index is 4.83. The minimum absolute atomic E-state index is 0.802. The maximum atomic E-state index is 4.83. The molecule has 396 valence electrons. The fraction of sp³-hybridized carbons (Fsp3) is 0.0649. The molecule has 0 aliphatic rings. The standard InChI is InChI=1S/C77H63N5/c1-7-9-36-73-54(4)70-51-67(43-46-77(70)82(73)66-42-40-58-26-20-22-28-60(58)49-66)78(62-29-13-10-14-30-62)53(3)38-45-74-55(5)71-52-68(44-47-76(71)81(74)64-33-17-12-18-34-64)80(63-31-15-11-16-32-63)61(8-2)50-72-56(6)79(75-37-24-23-35-69(72)75)65-41-39-57-25-19-21-27-59(57)48-65/h7,9-52H,1,3,8H2,2,4-6H3/b36-9-,45-38-,61-50+. The van der Waals surface area contributed by atoms with E-state index in [9.17, 15) is 0 Å². The van der Waals surface area contributed by atoms with Gasteiger partial charge in [0.2, 0.25) is 0 Å². The molecule has 0 atom stereocenters. The number of para-hydroxylation sites is 4. The minimum Gasteiger partial charge on any atom is -0.314 e. The molecule has 0 bridgehead atoms. The molecule has 3 heterocycles. The molecule has 0 saturated carbocycles. The minimum atomic E-state index is 0.802. The first-order chi connectivity index (χ1) is 40.3. The van der Waals surface area contributed by atoms with Gasteiger partial charge in [0.05, 0.1) is 16.6 Å². The summed E-state index contributed by atoms with van der Waals surface area (Å²) in [5, 5.41) is 8.43. The largest absolute Gasteiger partial charge is 0.314 e. The molecule has 13 aromatic rings. The van der Waals surface area contributed by atoms with E-state index in [0.29, 0.717) is 0 Å². The molecular formula is C77H63N5. The monoisotopic (exact) mass is 1060 g/mol.